The summed E-state index contributed by atoms with van der Waals surface area (Å²) in [5.74, 6) is 2.96. The first-order valence-electron chi connectivity index (χ1n) is 2.60. The van der Waals surface area contributed by atoms with Gasteiger partial charge in [-0.05, 0) is 6.42 Å². The zero-order valence-corrected chi connectivity index (χ0v) is 5.85. The molecular weight excluding hydrogens is 103 g/mol. The maximum atomic E-state index is 2.96. The van der Waals surface area contributed by atoms with E-state index in [9.17, 15) is 0 Å². The summed E-state index contributed by atoms with van der Waals surface area (Å²) < 4.78 is 0. The Hall–Kier alpha value is -0.0100. The van der Waals surface area contributed by atoms with Gasteiger partial charge in [0.15, 0.2) is 0 Å². The molecule has 0 rings (SSSR count). The standard InChI is InChI=1S/C6H11P/c1-2-3-4-5-6-7/h2-4,7H2,1H3. The first-order valence-corrected chi connectivity index (χ1v) is 3.18. The van der Waals surface area contributed by atoms with Crippen LogP contribution >= 0.6 is 9.24 Å². The molecule has 0 aliphatic heterocycles. The molecule has 7 heavy (non-hydrogen) atoms. The maximum absolute atomic E-state index is 2.96. The van der Waals surface area contributed by atoms with Crippen LogP contribution in [0, 0.1) is 11.6 Å². The van der Waals surface area contributed by atoms with Crippen LogP contribution in [0.25, 0.3) is 0 Å². The second-order valence-corrected chi connectivity index (χ2v) is 1.71. The van der Waals surface area contributed by atoms with Gasteiger partial charge in [0.05, 0.1) is 0 Å². The van der Waals surface area contributed by atoms with Gasteiger partial charge in [-0.2, -0.15) is 0 Å². The molecule has 0 spiro atoms. The van der Waals surface area contributed by atoms with E-state index in [1.54, 1.807) is 0 Å². The Morgan fingerprint density at radius 3 is 2.71 bits per heavy atom. The maximum Gasteiger partial charge on any atom is 0.00918 e. The van der Waals surface area contributed by atoms with Crippen LogP contribution in [0.5, 0.6) is 0 Å². The summed E-state index contributed by atoms with van der Waals surface area (Å²) >= 11 is 0. The van der Waals surface area contributed by atoms with E-state index in [1.807, 2.05) is 0 Å². The van der Waals surface area contributed by atoms with E-state index in [0.717, 1.165) is 6.42 Å². The Morgan fingerprint density at radius 2 is 2.29 bits per heavy atom. The Balaban J connectivity index is 2.78. The van der Waals surface area contributed by atoms with Gasteiger partial charge in [0.1, 0.15) is 0 Å². The molecule has 0 aromatic rings. The minimum absolute atomic E-state index is 1.06. The Bertz CT molecular complexity index is 75.9. The summed E-state index contributed by atoms with van der Waals surface area (Å²) in [5, 5.41) is 0. The lowest BCUT2D eigenvalue weighted by Gasteiger charge is -1.80. The van der Waals surface area contributed by atoms with E-state index in [2.05, 4.69) is 27.7 Å². The normalized spacial score (nSPS) is 7.14. The number of hydrogen-bond donors (Lipinski definition) is 0. The van der Waals surface area contributed by atoms with Gasteiger partial charge in [0, 0.05) is 6.42 Å². The van der Waals surface area contributed by atoms with Gasteiger partial charge in [-0.3, -0.25) is 0 Å². The summed E-state index contributed by atoms with van der Waals surface area (Å²) in [6.07, 6.45) is 3.54. The molecule has 0 bridgehead atoms. The first kappa shape index (κ1) is 6.99. The predicted molar refractivity (Wildman–Crippen MR) is 37.0 cm³/mol. The zero-order chi connectivity index (χ0) is 5.54. The summed E-state index contributed by atoms with van der Waals surface area (Å²) in [4.78, 5) is 0. The van der Waals surface area contributed by atoms with E-state index in [1.165, 1.54) is 12.8 Å². The van der Waals surface area contributed by atoms with Crippen molar-refractivity contribution in [1.29, 1.82) is 0 Å². The fraction of sp³-hybridized carbons (Fsp3) is 0.667. The molecule has 1 heteroatoms. The van der Waals surface area contributed by atoms with Crippen LogP contribution in [0.1, 0.15) is 26.2 Å². The monoisotopic (exact) mass is 114 g/mol. The quantitative estimate of drug-likeness (QED) is 0.292. The molecule has 0 amide bonds. The van der Waals surface area contributed by atoms with Gasteiger partial charge in [0.25, 0.3) is 0 Å². The molecule has 0 saturated carbocycles. The summed E-state index contributed by atoms with van der Waals surface area (Å²) in [7, 11) is 2.39. The second-order valence-electron chi connectivity index (χ2n) is 1.42. The lowest BCUT2D eigenvalue weighted by Crippen LogP contribution is -1.63. The molecule has 1 atom stereocenters. The van der Waals surface area contributed by atoms with Crippen molar-refractivity contribution in [3.8, 4) is 11.6 Å². The third-order valence-electron chi connectivity index (χ3n) is 0.757. The molecule has 0 radical (unpaired) electrons. The molecule has 0 aromatic carbocycles. The highest BCUT2D eigenvalue weighted by Gasteiger charge is 1.72. The average Bonchev–Trinajstić information content (AvgIpc) is 1.69. The second kappa shape index (κ2) is 5.99. The summed E-state index contributed by atoms with van der Waals surface area (Å²) in [6, 6.07) is 0. The average molecular weight is 114 g/mol. The van der Waals surface area contributed by atoms with Crippen LogP contribution in [-0.2, 0) is 0 Å². The van der Waals surface area contributed by atoms with Crippen molar-refractivity contribution in [2.45, 2.75) is 26.2 Å². The van der Waals surface area contributed by atoms with Crippen molar-refractivity contribution in [2.24, 2.45) is 0 Å². The van der Waals surface area contributed by atoms with E-state index >= 15 is 0 Å². The molecule has 0 aliphatic rings. The molecule has 0 nitrogen and oxygen atoms in total. The SMILES string of the molecule is CCCCC#CP. The molecule has 1 unspecified atom stereocenters. The van der Waals surface area contributed by atoms with E-state index in [4.69, 9.17) is 0 Å². The molecule has 0 fully saturated rings. The van der Waals surface area contributed by atoms with Crippen LogP contribution in [0.2, 0.25) is 0 Å². The van der Waals surface area contributed by atoms with Crippen LogP contribution in [0.4, 0.5) is 0 Å². The van der Waals surface area contributed by atoms with Gasteiger partial charge in [-0.1, -0.05) is 34.2 Å². The minimum atomic E-state index is 1.06. The highest BCUT2D eigenvalue weighted by Crippen LogP contribution is 1.90. The van der Waals surface area contributed by atoms with Crippen LogP contribution in [0.15, 0.2) is 0 Å². The van der Waals surface area contributed by atoms with Crippen molar-refractivity contribution in [3.63, 3.8) is 0 Å². The number of unbranched alkanes of at least 4 members (excludes halogenated alkanes) is 2. The van der Waals surface area contributed by atoms with E-state index < -0.39 is 0 Å². The Kier molecular flexibility index (Phi) is 5.98. The fourth-order valence-electron chi connectivity index (χ4n) is 0.337. The summed E-state index contributed by atoms with van der Waals surface area (Å²) in [5.41, 5.74) is 2.77. The molecule has 0 heterocycles. The van der Waals surface area contributed by atoms with Crippen molar-refractivity contribution < 1.29 is 0 Å². The highest BCUT2D eigenvalue weighted by atomic mass is 31.0. The number of rotatable bonds is 2. The van der Waals surface area contributed by atoms with Gasteiger partial charge in [-0.15, -0.1) is 0 Å². The van der Waals surface area contributed by atoms with E-state index in [0.29, 0.717) is 0 Å². The topological polar surface area (TPSA) is 0 Å². The lowest BCUT2D eigenvalue weighted by molar-refractivity contribution is 0.828. The lowest BCUT2D eigenvalue weighted by atomic mass is 10.3. The molecule has 0 N–H and O–H groups in total. The molecule has 40 valence electrons. The van der Waals surface area contributed by atoms with Gasteiger partial charge < -0.3 is 0 Å². The van der Waals surface area contributed by atoms with Crippen LogP contribution in [0.3, 0.4) is 0 Å². The molecule has 0 aromatic heterocycles. The van der Waals surface area contributed by atoms with Crippen LogP contribution in [-0.4, -0.2) is 0 Å². The van der Waals surface area contributed by atoms with Gasteiger partial charge in [0.2, 0.25) is 0 Å². The smallest absolute Gasteiger partial charge is 0.00918 e. The molecule has 0 saturated heterocycles. The van der Waals surface area contributed by atoms with Crippen LogP contribution < -0.4 is 0 Å². The van der Waals surface area contributed by atoms with Gasteiger partial charge >= 0.3 is 0 Å². The van der Waals surface area contributed by atoms with Crippen molar-refractivity contribution in [1.82, 2.24) is 0 Å². The summed E-state index contributed by atoms with van der Waals surface area (Å²) in [6.45, 7) is 2.17. The number of hydrogen-bond acceptors (Lipinski definition) is 0. The van der Waals surface area contributed by atoms with Crippen molar-refractivity contribution in [2.75, 3.05) is 0 Å². The van der Waals surface area contributed by atoms with Crippen molar-refractivity contribution in [3.05, 3.63) is 0 Å². The first-order chi connectivity index (χ1) is 3.41. The van der Waals surface area contributed by atoms with E-state index in [-0.39, 0.29) is 0 Å². The third-order valence-corrected chi connectivity index (χ3v) is 0.962. The molecular formula is C6H11P. The zero-order valence-electron chi connectivity index (χ0n) is 4.70. The molecule has 0 aliphatic carbocycles. The minimum Gasteiger partial charge on any atom is -0.0992 e. The van der Waals surface area contributed by atoms with Crippen molar-refractivity contribution >= 4 is 9.24 Å². The van der Waals surface area contributed by atoms with Gasteiger partial charge in [-0.25, -0.2) is 0 Å². The largest absolute Gasteiger partial charge is 0.0992 e. The fourth-order valence-corrected chi connectivity index (χ4v) is 0.482. The third kappa shape index (κ3) is 5.99. The Labute approximate surface area is 47.9 Å². The Morgan fingerprint density at radius 1 is 1.57 bits per heavy atom. The highest BCUT2D eigenvalue weighted by molar-refractivity contribution is 7.23. The predicted octanol–water partition coefficient (Wildman–Crippen LogP) is 2.01.